The molecule has 2 unspecified atom stereocenters. The van der Waals surface area contributed by atoms with E-state index in [1.807, 2.05) is 0 Å². The minimum Gasteiger partial charge on any atom is -0.310 e. The smallest absolute Gasteiger partial charge is 0.0223 e. The van der Waals surface area contributed by atoms with E-state index in [-0.39, 0.29) is 0 Å². The monoisotopic (exact) mass is 254 g/mol. The van der Waals surface area contributed by atoms with Crippen molar-refractivity contribution in [2.24, 2.45) is 11.8 Å². The quantitative estimate of drug-likeness (QED) is 0.757. The van der Waals surface area contributed by atoms with E-state index in [9.17, 15) is 0 Å². The zero-order valence-electron chi connectivity index (χ0n) is 13.3. The van der Waals surface area contributed by atoms with Crippen LogP contribution in [0.3, 0.4) is 0 Å². The molecule has 18 heavy (non-hydrogen) atoms. The molecule has 0 aliphatic heterocycles. The summed E-state index contributed by atoms with van der Waals surface area (Å²) in [4.78, 5) is 0. The lowest BCUT2D eigenvalue weighted by molar-refractivity contribution is 0.225. The lowest BCUT2D eigenvalue weighted by Gasteiger charge is -2.38. The van der Waals surface area contributed by atoms with Crippen molar-refractivity contribution in [2.75, 3.05) is 0 Å². The van der Waals surface area contributed by atoms with Crippen molar-refractivity contribution in [3.63, 3.8) is 0 Å². The molecule has 0 bridgehead atoms. The van der Waals surface area contributed by atoms with Crippen molar-refractivity contribution >= 4 is 0 Å². The van der Waals surface area contributed by atoms with Crippen molar-refractivity contribution < 1.29 is 0 Å². The summed E-state index contributed by atoms with van der Waals surface area (Å²) in [6.45, 7) is 13.9. The van der Waals surface area contributed by atoms with Gasteiger partial charge in [0.25, 0.3) is 0 Å². The summed E-state index contributed by atoms with van der Waals surface area (Å²) >= 11 is 0. The maximum absolute atomic E-state index is 3.85. The van der Waals surface area contributed by atoms with Gasteiger partial charge in [-0.3, -0.25) is 0 Å². The molecule has 0 heterocycles. The Kier molecular flexibility index (Phi) is 6.65. The van der Waals surface area contributed by atoms with E-state index in [0.29, 0.717) is 24.2 Å². The van der Waals surface area contributed by atoms with Gasteiger partial charge in [0, 0.05) is 24.2 Å². The summed E-state index contributed by atoms with van der Waals surface area (Å²) in [6.07, 6.45) is 5.44. The first-order chi connectivity index (χ1) is 8.41. The predicted octanol–water partition coefficient (Wildman–Crippen LogP) is 3.57. The highest BCUT2D eigenvalue weighted by molar-refractivity contribution is 4.89. The predicted molar refractivity (Wildman–Crippen MR) is 80.9 cm³/mol. The molecule has 0 aromatic rings. The summed E-state index contributed by atoms with van der Waals surface area (Å²) in [6, 6.07) is 2.56. The zero-order valence-corrected chi connectivity index (χ0v) is 13.3. The largest absolute Gasteiger partial charge is 0.310 e. The van der Waals surface area contributed by atoms with Gasteiger partial charge in [-0.15, -0.1) is 0 Å². The van der Waals surface area contributed by atoms with Crippen molar-refractivity contribution in [1.29, 1.82) is 0 Å². The Morgan fingerprint density at radius 3 is 1.28 bits per heavy atom. The summed E-state index contributed by atoms with van der Waals surface area (Å²) < 4.78 is 0. The van der Waals surface area contributed by atoms with E-state index in [4.69, 9.17) is 0 Å². The molecule has 1 fully saturated rings. The van der Waals surface area contributed by atoms with E-state index in [2.05, 4.69) is 52.2 Å². The van der Waals surface area contributed by atoms with Crippen molar-refractivity contribution in [3.05, 3.63) is 0 Å². The highest BCUT2D eigenvalue weighted by Crippen LogP contribution is 2.21. The van der Waals surface area contributed by atoms with Crippen LogP contribution in [0.2, 0.25) is 0 Å². The zero-order chi connectivity index (χ0) is 13.7. The van der Waals surface area contributed by atoms with Crippen LogP contribution in [0.5, 0.6) is 0 Å². The summed E-state index contributed by atoms with van der Waals surface area (Å²) in [5.74, 6) is 1.44. The summed E-state index contributed by atoms with van der Waals surface area (Å²) in [5.41, 5.74) is 0. The SMILES string of the molecule is CC(C)C(C)N[C@H]1CCCC[C@@H]1NC(C)C(C)C. The van der Waals surface area contributed by atoms with Gasteiger partial charge in [-0.05, 0) is 38.5 Å². The van der Waals surface area contributed by atoms with Crippen LogP contribution in [0, 0.1) is 11.8 Å². The van der Waals surface area contributed by atoms with Crippen molar-refractivity contribution in [1.82, 2.24) is 10.6 Å². The van der Waals surface area contributed by atoms with Gasteiger partial charge in [0.05, 0.1) is 0 Å². The molecule has 0 aromatic carbocycles. The standard InChI is InChI=1S/C16H34N2/c1-11(2)13(5)17-15-9-7-8-10-16(15)18-14(6)12(3)4/h11-18H,7-10H2,1-6H3/t13?,14?,15-,16-/m0/s1. The van der Waals surface area contributed by atoms with Crippen LogP contribution in [-0.2, 0) is 0 Å². The van der Waals surface area contributed by atoms with E-state index in [0.717, 1.165) is 11.8 Å². The highest BCUT2D eigenvalue weighted by atomic mass is 15.1. The molecule has 2 heteroatoms. The Bertz CT molecular complexity index is 201. The van der Waals surface area contributed by atoms with E-state index < -0.39 is 0 Å². The summed E-state index contributed by atoms with van der Waals surface area (Å²) in [7, 11) is 0. The Labute approximate surface area is 114 Å². The lowest BCUT2D eigenvalue weighted by atomic mass is 9.88. The Hall–Kier alpha value is -0.0800. The first kappa shape index (κ1) is 16.0. The third kappa shape index (κ3) is 4.89. The molecule has 2 nitrogen and oxygen atoms in total. The fraction of sp³-hybridized carbons (Fsp3) is 1.00. The van der Waals surface area contributed by atoms with Crippen molar-refractivity contribution in [2.45, 2.75) is 91.4 Å². The molecule has 0 spiro atoms. The molecule has 108 valence electrons. The van der Waals surface area contributed by atoms with Gasteiger partial charge in [0.2, 0.25) is 0 Å². The van der Waals surface area contributed by atoms with Gasteiger partial charge in [-0.1, -0.05) is 40.5 Å². The maximum Gasteiger partial charge on any atom is 0.0223 e. The van der Waals surface area contributed by atoms with Gasteiger partial charge in [0.15, 0.2) is 0 Å². The van der Waals surface area contributed by atoms with Crippen LogP contribution in [0.15, 0.2) is 0 Å². The van der Waals surface area contributed by atoms with Gasteiger partial charge in [-0.2, -0.15) is 0 Å². The third-order valence-corrected chi connectivity index (χ3v) is 4.72. The van der Waals surface area contributed by atoms with E-state index in [1.165, 1.54) is 25.7 Å². The fourth-order valence-electron chi connectivity index (χ4n) is 2.59. The van der Waals surface area contributed by atoms with Crippen LogP contribution in [-0.4, -0.2) is 24.2 Å². The molecule has 1 rings (SSSR count). The second kappa shape index (κ2) is 7.49. The Morgan fingerprint density at radius 2 is 1.00 bits per heavy atom. The van der Waals surface area contributed by atoms with Crippen LogP contribution in [0.25, 0.3) is 0 Å². The third-order valence-electron chi connectivity index (χ3n) is 4.72. The van der Waals surface area contributed by atoms with Gasteiger partial charge < -0.3 is 10.6 Å². The molecule has 1 aliphatic rings. The molecular weight excluding hydrogens is 220 g/mol. The number of hydrogen-bond acceptors (Lipinski definition) is 2. The minimum atomic E-state index is 0.617. The first-order valence-corrected chi connectivity index (χ1v) is 7.94. The van der Waals surface area contributed by atoms with E-state index in [1.54, 1.807) is 0 Å². The van der Waals surface area contributed by atoms with Crippen molar-refractivity contribution in [3.8, 4) is 0 Å². The van der Waals surface area contributed by atoms with Crippen LogP contribution in [0.1, 0.15) is 67.2 Å². The molecule has 0 aromatic heterocycles. The molecule has 0 amide bonds. The average molecular weight is 254 g/mol. The maximum atomic E-state index is 3.85. The number of hydrogen-bond donors (Lipinski definition) is 2. The normalized spacial score (nSPS) is 28.7. The molecular formula is C16H34N2. The summed E-state index contributed by atoms with van der Waals surface area (Å²) in [5, 5.41) is 7.70. The van der Waals surface area contributed by atoms with Crippen LogP contribution in [0.4, 0.5) is 0 Å². The molecule has 1 saturated carbocycles. The molecule has 0 radical (unpaired) electrons. The molecule has 0 saturated heterocycles. The Balaban J connectivity index is 2.51. The molecule has 4 atom stereocenters. The number of rotatable bonds is 6. The van der Waals surface area contributed by atoms with Crippen LogP contribution >= 0.6 is 0 Å². The van der Waals surface area contributed by atoms with Gasteiger partial charge in [-0.25, -0.2) is 0 Å². The van der Waals surface area contributed by atoms with Gasteiger partial charge >= 0.3 is 0 Å². The molecule has 1 aliphatic carbocycles. The number of nitrogens with one attached hydrogen (secondary N) is 2. The Morgan fingerprint density at radius 1 is 0.667 bits per heavy atom. The molecule has 2 N–H and O–H groups in total. The van der Waals surface area contributed by atoms with Crippen LogP contribution < -0.4 is 10.6 Å². The van der Waals surface area contributed by atoms with E-state index >= 15 is 0 Å². The average Bonchev–Trinajstić information content (AvgIpc) is 2.31. The first-order valence-electron chi connectivity index (χ1n) is 7.94. The minimum absolute atomic E-state index is 0.617. The topological polar surface area (TPSA) is 24.1 Å². The lowest BCUT2D eigenvalue weighted by Crippen LogP contribution is -2.55. The second-order valence-corrected chi connectivity index (χ2v) is 6.90. The fourth-order valence-corrected chi connectivity index (χ4v) is 2.59. The van der Waals surface area contributed by atoms with Gasteiger partial charge in [0.1, 0.15) is 0 Å². The highest BCUT2D eigenvalue weighted by Gasteiger charge is 2.27. The second-order valence-electron chi connectivity index (χ2n) is 6.90.